The number of nitrogens with two attached hydrogens (primary N) is 1. The molecule has 27 heavy (non-hydrogen) atoms. The fourth-order valence-electron chi connectivity index (χ4n) is 2.12. The van der Waals surface area contributed by atoms with Gasteiger partial charge in [0.05, 0.1) is 0 Å². The first kappa shape index (κ1) is 20.3. The van der Waals surface area contributed by atoms with E-state index in [9.17, 15) is 4.79 Å². The van der Waals surface area contributed by atoms with Crippen LogP contribution in [0.5, 0.6) is 11.5 Å². The number of esters is 1. The average molecular weight is 371 g/mol. The van der Waals surface area contributed by atoms with Gasteiger partial charge in [0, 0.05) is 6.54 Å². The van der Waals surface area contributed by atoms with Crippen molar-refractivity contribution in [2.75, 3.05) is 6.54 Å². The second-order valence-corrected chi connectivity index (χ2v) is 5.77. The van der Waals surface area contributed by atoms with Crippen LogP contribution in [-0.4, -0.2) is 18.6 Å². The number of unbranched alkanes of at least 4 members (excludes halogenated alkanes) is 1. The van der Waals surface area contributed by atoms with Crippen LogP contribution in [0.3, 0.4) is 0 Å². The lowest BCUT2D eigenvalue weighted by molar-refractivity contribution is -0.142. The van der Waals surface area contributed by atoms with Crippen molar-refractivity contribution in [1.29, 1.82) is 0 Å². The Morgan fingerprint density at radius 3 is 2.19 bits per heavy atom. The number of nitrogens with one attached hydrogen (secondary N) is 2. The van der Waals surface area contributed by atoms with Crippen LogP contribution in [0.15, 0.2) is 73.1 Å². The summed E-state index contributed by atoms with van der Waals surface area (Å²) in [5.74, 6) is 0.751. The summed E-state index contributed by atoms with van der Waals surface area (Å²) in [4.78, 5) is 22.5. The fourth-order valence-corrected chi connectivity index (χ4v) is 2.12. The highest BCUT2D eigenvalue weighted by Gasteiger charge is 2.16. The molecular formula is C20H25N3O4. The van der Waals surface area contributed by atoms with Gasteiger partial charge in [-0.05, 0) is 50.1 Å². The van der Waals surface area contributed by atoms with Gasteiger partial charge in [-0.15, -0.1) is 0 Å². The fraction of sp³-hybridized carbons (Fsp3) is 0.250. The summed E-state index contributed by atoms with van der Waals surface area (Å²) >= 11 is 0. The van der Waals surface area contributed by atoms with Crippen molar-refractivity contribution in [3.8, 4) is 11.5 Å². The first-order valence-electron chi connectivity index (χ1n) is 8.74. The Morgan fingerprint density at radius 2 is 1.56 bits per heavy atom. The predicted octanol–water partition coefficient (Wildman–Crippen LogP) is 2.67. The quantitative estimate of drug-likeness (QED) is 0.228. The van der Waals surface area contributed by atoms with Crippen molar-refractivity contribution < 1.29 is 19.2 Å². The standard InChI is InChI=1S/C20H25N3O4/c1-16(23-27-18-12-6-3-7-13-18)25-20(24)19(21)14-8-9-15-22-26-17-10-4-2-5-11-17/h2-7,10-13,19,22-23H,1,8-9,14-15,21H2/t19-/m0/s1. The largest absolute Gasteiger partial charge is 0.409 e. The number of hydrogen-bond donors (Lipinski definition) is 3. The highest BCUT2D eigenvalue weighted by Crippen LogP contribution is 2.09. The monoisotopic (exact) mass is 371 g/mol. The molecule has 2 rings (SSSR count). The van der Waals surface area contributed by atoms with Crippen LogP contribution in [0, 0.1) is 0 Å². The van der Waals surface area contributed by atoms with Crippen LogP contribution in [-0.2, 0) is 9.53 Å². The molecule has 0 saturated carbocycles. The third kappa shape index (κ3) is 8.26. The molecule has 2 aromatic rings. The molecule has 0 amide bonds. The summed E-state index contributed by atoms with van der Waals surface area (Å²) in [6, 6.07) is 17.7. The van der Waals surface area contributed by atoms with Gasteiger partial charge >= 0.3 is 5.97 Å². The lowest BCUT2D eigenvalue weighted by Gasteiger charge is -2.14. The van der Waals surface area contributed by atoms with Crippen molar-refractivity contribution in [3.63, 3.8) is 0 Å². The molecule has 0 spiro atoms. The summed E-state index contributed by atoms with van der Waals surface area (Å²) in [6.45, 7) is 4.23. The van der Waals surface area contributed by atoms with E-state index in [4.69, 9.17) is 20.1 Å². The molecule has 0 saturated heterocycles. The Balaban J connectivity index is 1.53. The Bertz CT molecular complexity index is 695. The van der Waals surface area contributed by atoms with Crippen LogP contribution in [0.25, 0.3) is 0 Å². The molecule has 0 aliphatic rings. The maximum absolute atomic E-state index is 11.9. The summed E-state index contributed by atoms with van der Waals surface area (Å²) < 4.78 is 5.04. The molecule has 0 aliphatic heterocycles. The number of benzene rings is 2. The van der Waals surface area contributed by atoms with E-state index in [0.717, 1.165) is 18.6 Å². The lowest BCUT2D eigenvalue weighted by Crippen LogP contribution is -2.34. The van der Waals surface area contributed by atoms with Gasteiger partial charge in [-0.2, -0.15) is 11.0 Å². The van der Waals surface area contributed by atoms with Gasteiger partial charge < -0.3 is 20.1 Å². The molecule has 1 atom stereocenters. The van der Waals surface area contributed by atoms with E-state index in [0.29, 0.717) is 18.7 Å². The van der Waals surface area contributed by atoms with E-state index in [1.165, 1.54) is 0 Å². The second kappa shape index (κ2) is 11.6. The van der Waals surface area contributed by atoms with Crippen molar-refractivity contribution in [2.45, 2.75) is 25.3 Å². The number of rotatable bonds is 12. The predicted molar refractivity (Wildman–Crippen MR) is 102 cm³/mol. The molecule has 0 fully saturated rings. The SMILES string of the molecule is C=C(NOc1ccccc1)OC(=O)[C@@H](N)CCCCNOc1ccccc1. The summed E-state index contributed by atoms with van der Waals surface area (Å²) in [5.41, 5.74) is 11.2. The van der Waals surface area contributed by atoms with E-state index in [-0.39, 0.29) is 5.88 Å². The Hall–Kier alpha value is -3.03. The van der Waals surface area contributed by atoms with Gasteiger partial charge in [-0.1, -0.05) is 36.4 Å². The summed E-state index contributed by atoms with van der Waals surface area (Å²) in [5, 5.41) is 0. The highest BCUT2D eigenvalue weighted by molar-refractivity contribution is 5.76. The minimum absolute atomic E-state index is 0.0165. The number of carbonyl (C=O) groups excluding carboxylic acids is 1. The first-order chi connectivity index (χ1) is 13.1. The molecule has 7 heteroatoms. The highest BCUT2D eigenvalue weighted by atomic mass is 16.7. The lowest BCUT2D eigenvalue weighted by atomic mass is 10.1. The molecule has 7 nitrogen and oxygen atoms in total. The van der Waals surface area contributed by atoms with Crippen molar-refractivity contribution in [3.05, 3.63) is 73.1 Å². The minimum Gasteiger partial charge on any atom is -0.409 e. The number of para-hydroxylation sites is 2. The topological polar surface area (TPSA) is 94.8 Å². The van der Waals surface area contributed by atoms with Gasteiger partial charge in [0.2, 0.25) is 5.88 Å². The van der Waals surface area contributed by atoms with Gasteiger partial charge in [0.15, 0.2) is 5.75 Å². The van der Waals surface area contributed by atoms with Crippen LogP contribution in [0.4, 0.5) is 0 Å². The molecule has 2 aromatic carbocycles. The third-order valence-corrected chi connectivity index (χ3v) is 3.53. The van der Waals surface area contributed by atoms with Crippen molar-refractivity contribution in [1.82, 2.24) is 11.0 Å². The Morgan fingerprint density at radius 1 is 0.963 bits per heavy atom. The Labute approximate surface area is 159 Å². The molecule has 0 unspecified atom stereocenters. The summed E-state index contributed by atoms with van der Waals surface area (Å²) in [7, 11) is 0. The van der Waals surface area contributed by atoms with E-state index < -0.39 is 12.0 Å². The molecule has 0 heterocycles. The van der Waals surface area contributed by atoms with E-state index >= 15 is 0 Å². The zero-order valence-electron chi connectivity index (χ0n) is 15.1. The summed E-state index contributed by atoms with van der Waals surface area (Å²) in [6.07, 6.45) is 2.06. The van der Waals surface area contributed by atoms with Crippen molar-refractivity contribution >= 4 is 5.97 Å². The maximum atomic E-state index is 11.9. The Kier molecular flexibility index (Phi) is 8.68. The number of ether oxygens (including phenoxy) is 1. The minimum atomic E-state index is -0.727. The number of hydrogen-bond acceptors (Lipinski definition) is 7. The smallest absolute Gasteiger partial charge is 0.329 e. The normalized spacial score (nSPS) is 11.3. The molecule has 0 bridgehead atoms. The molecule has 4 N–H and O–H groups in total. The van der Waals surface area contributed by atoms with E-state index in [2.05, 4.69) is 17.5 Å². The van der Waals surface area contributed by atoms with E-state index in [1.54, 1.807) is 12.1 Å². The van der Waals surface area contributed by atoms with E-state index in [1.807, 2.05) is 48.5 Å². The van der Waals surface area contributed by atoms with Crippen LogP contribution in [0.1, 0.15) is 19.3 Å². The van der Waals surface area contributed by atoms with Gasteiger partial charge in [0.25, 0.3) is 0 Å². The van der Waals surface area contributed by atoms with Gasteiger partial charge in [0.1, 0.15) is 11.8 Å². The van der Waals surface area contributed by atoms with Gasteiger partial charge in [-0.25, -0.2) is 4.79 Å². The van der Waals surface area contributed by atoms with Crippen LogP contribution < -0.4 is 26.4 Å². The molecule has 0 aromatic heterocycles. The second-order valence-electron chi connectivity index (χ2n) is 5.77. The molecule has 0 aliphatic carbocycles. The molecule has 144 valence electrons. The zero-order valence-corrected chi connectivity index (χ0v) is 15.1. The third-order valence-electron chi connectivity index (χ3n) is 3.53. The van der Waals surface area contributed by atoms with Crippen molar-refractivity contribution in [2.24, 2.45) is 5.73 Å². The number of carbonyl (C=O) groups is 1. The first-order valence-corrected chi connectivity index (χ1v) is 8.74. The average Bonchev–Trinajstić information content (AvgIpc) is 2.70. The maximum Gasteiger partial charge on any atom is 0.329 e. The van der Waals surface area contributed by atoms with Crippen LogP contribution >= 0.6 is 0 Å². The molecule has 0 radical (unpaired) electrons. The zero-order chi connectivity index (χ0) is 19.3. The van der Waals surface area contributed by atoms with Crippen LogP contribution in [0.2, 0.25) is 0 Å². The van der Waals surface area contributed by atoms with Gasteiger partial charge in [-0.3, -0.25) is 0 Å². The molecular weight excluding hydrogens is 346 g/mol. The number of hydroxylamine groups is 2.